The van der Waals surface area contributed by atoms with E-state index in [1.54, 1.807) is 26.0 Å². The normalized spacial score (nSPS) is 12.4. The molecule has 0 radical (unpaired) electrons. The molecule has 0 saturated heterocycles. The average Bonchev–Trinajstić information content (AvgIpc) is 3.04. The first kappa shape index (κ1) is 25.9. The van der Waals surface area contributed by atoms with Crippen LogP contribution in [0.15, 0.2) is 54.1 Å². The monoisotopic (exact) mass is 511 g/mol. The van der Waals surface area contributed by atoms with Gasteiger partial charge in [-0.15, -0.1) is 0 Å². The molecule has 35 heavy (non-hydrogen) atoms. The lowest BCUT2D eigenvalue weighted by Crippen LogP contribution is -2.15. The number of aryl methyl sites for hydroxylation is 1. The number of anilines is 1. The number of rotatable bonds is 4. The fraction of sp³-hybridized carbons (Fsp3) is 0.167. The zero-order valence-electron chi connectivity index (χ0n) is 18.1. The van der Waals surface area contributed by atoms with Gasteiger partial charge in [0, 0.05) is 17.1 Å². The second-order valence-corrected chi connectivity index (χ2v) is 7.93. The van der Waals surface area contributed by atoms with Crippen LogP contribution in [0.2, 0.25) is 5.02 Å². The molecule has 1 aromatic heterocycles. The molecule has 3 aromatic rings. The van der Waals surface area contributed by atoms with Crippen LogP contribution in [0.5, 0.6) is 0 Å². The lowest BCUT2D eigenvalue weighted by molar-refractivity contribution is -0.138. The van der Waals surface area contributed by atoms with E-state index >= 15 is 0 Å². The minimum Gasteiger partial charge on any atom is -0.320 e. The van der Waals surface area contributed by atoms with E-state index in [-0.39, 0.29) is 16.4 Å². The molecular formula is C24H16ClF6N3O. The number of nitrogens with one attached hydrogen (secondary N) is 1. The van der Waals surface area contributed by atoms with Crippen molar-refractivity contribution in [2.24, 2.45) is 0 Å². The van der Waals surface area contributed by atoms with Crippen LogP contribution in [-0.2, 0) is 17.1 Å². The number of amides is 1. The minimum atomic E-state index is -4.67. The highest BCUT2D eigenvalue weighted by molar-refractivity contribution is 6.34. The van der Waals surface area contributed by atoms with Gasteiger partial charge in [0.1, 0.15) is 11.6 Å². The molecule has 1 N–H and O–H groups in total. The van der Waals surface area contributed by atoms with Crippen molar-refractivity contribution in [2.45, 2.75) is 26.2 Å². The van der Waals surface area contributed by atoms with Crippen LogP contribution in [0.25, 0.3) is 11.8 Å². The summed E-state index contributed by atoms with van der Waals surface area (Å²) in [6.07, 6.45) is -8.01. The lowest BCUT2D eigenvalue weighted by Gasteiger charge is -2.13. The van der Waals surface area contributed by atoms with Crippen molar-refractivity contribution in [1.82, 2.24) is 4.57 Å². The fourth-order valence-electron chi connectivity index (χ4n) is 3.44. The molecular weight excluding hydrogens is 496 g/mol. The standard InChI is InChI=1S/C24H16ClF6N3O/c1-13-8-15(14(2)34(13)19-5-3-4-17(10-19)23(26,27)28)9-16(12-32)22(35)33-21-11-18(24(29,30)31)6-7-20(21)25/h3-11H,1-2H3,(H,33,35). The number of aromatic nitrogens is 1. The van der Waals surface area contributed by atoms with Crippen LogP contribution in [0, 0.1) is 25.2 Å². The van der Waals surface area contributed by atoms with Crippen LogP contribution >= 0.6 is 11.6 Å². The Morgan fingerprint density at radius 1 is 1.00 bits per heavy atom. The van der Waals surface area contributed by atoms with Crippen LogP contribution in [0.3, 0.4) is 0 Å². The second-order valence-electron chi connectivity index (χ2n) is 7.53. The summed E-state index contributed by atoms with van der Waals surface area (Å²) in [5.74, 6) is -1.00. The zero-order chi connectivity index (χ0) is 26.1. The Kier molecular flexibility index (Phi) is 7.03. The van der Waals surface area contributed by atoms with Crippen molar-refractivity contribution in [2.75, 3.05) is 5.32 Å². The Morgan fingerprint density at radius 2 is 1.63 bits per heavy atom. The van der Waals surface area contributed by atoms with Crippen LogP contribution < -0.4 is 5.32 Å². The number of alkyl halides is 6. The summed E-state index contributed by atoms with van der Waals surface area (Å²) in [5, 5.41) is 11.5. The Hall–Kier alpha value is -3.71. The van der Waals surface area contributed by atoms with E-state index in [0.29, 0.717) is 23.0 Å². The highest BCUT2D eigenvalue weighted by Crippen LogP contribution is 2.34. The van der Waals surface area contributed by atoms with Gasteiger partial charge in [0.05, 0.1) is 21.8 Å². The molecule has 3 rings (SSSR count). The molecule has 0 aliphatic rings. The van der Waals surface area contributed by atoms with E-state index < -0.39 is 35.0 Å². The third kappa shape index (κ3) is 5.69. The summed E-state index contributed by atoms with van der Waals surface area (Å²) in [6.45, 7) is 3.23. The number of carbonyl (C=O) groups excluding carboxylic acids is 1. The number of hydrogen-bond acceptors (Lipinski definition) is 2. The van der Waals surface area contributed by atoms with Gasteiger partial charge >= 0.3 is 12.4 Å². The van der Waals surface area contributed by atoms with Crippen LogP contribution in [-0.4, -0.2) is 10.5 Å². The molecule has 4 nitrogen and oxygen atoms in total. The van der Waals surface area contributed by atoms with Gasteiger partial charge in [0.2, 0.25) is 0 Å². The first-order chi connectivity index (χ1) is 16.2. The van der Waals surface area contributed by atoms with E-state index in [1.165, 1.54) is 22.8 Å². The second kappa shape index (κ2) is 9.50. The van der Waals surface area contributed by atoms with E-state index in [9.17, 15) is 36.4 Å². The largest absolute Gasteiger partial charge is 0.416 e. The highest BCUT2D eigenvalue weighted by atomic mass is 35.5. The predicted molar refractivity (Wildman–Crippen MR) is 119 cm³/mol. The van der Waals surface area contributed by atoms with Gasteiger partial charge in [0.15, 0.2) is 0 Å². The summed E-state index contributed by atoms with van der Waals surface area (Å²) in [5.41, 5.74) is -1.08. The summed E-state index contributed by atoms with van der Waals surface area (Å²) in [6, 6.07) is 10.3. The molecule has 0 fully saturated rings. The molecule has 0 spiro atoms. The Labute approximate surface area is 201 Å². The number of nitrogens with zero attached hydrogens (tertiary/aromatic N) is 2. The van der Waals surface area contributed by atoms with Crippen molar-refractivity contribution in [1.29, 1.82) is 5.26 Å². The maximum Gasteiger partial charge on any atom is 0.416 e. The maximum absolute atomic E-state index is 13.1. The number of nitriles is 1. The van der Waals surface area contributed by atoms with Crippen molar-refractivity contribution >= 4 is 29.3 Å². The summed E-state index contributed by atoms with van der Waals surface area (Å²) >= 11 is 5.89. The van der Waals surface area contributed by atoms with E-state index in [0.717, 1.165) is 24.3 Å². The van der Waals surface area contributed by atoms with Gasteiger partial charge in [0.25, 0.3) is 5.91 Å². The third-order valence-corrected chi connectivity index (χ3v) is 5.44. The molecule has 11 heteroatoms. The van der Waals surface area contributed by atoms with Crippen molar-refractivity contribution in [3.05, 3.63) is 87.2 Å². The Morgan fingerprint density at radius 3 is 2.23 bits per heavy atom. The SMILES string of the molecule is Cc1cc(C=C(C#N)C(=O)Nc2cc(C(F)(F)F)ccc2Cl)c(C)n1-c1cccc(C(F)(F)F)c1. The summed E-state index contributed by atoms with van der Waals surface area (Å²) in [4.78, 5) is 12.6. The van der Waals surface area contributed by atoms with Gasteiger partial charge in [-0.1, -0.05) is 17.7 Å². The molecule has 182 valence electrons. The number of hydrogen-bond donors (Lipinski definition) is 1. The van der Waals surface area contributed by atoms with Gasteiger partial charge < -0.3 is 9.88 Å². The van der Waals surface area contributed by atoms with Gasteiger partial charge in [-0.2, -0.15) is 31.6 Å². The fourth-order valence-corrected chi connectivity index (χ4v) is 3.61. The molecule has 0 aliphatic heterocycles. The number of halogens is 7. The van der Waals surface area contributed by atoms with Gasteiger partial charge in [-0.3, -0.25) is 4.79 Å². The maximum atomic E-state index is 13.1. The lowest BCUT2D eigenvalue weighted by atomic mass is 10.1. The topological polar surface area (TPSA) is 57.8 Å². The van der Waals surface area contributed by atoms with Crippen molar-refractivity contribution in [3.8, 4) is 11.8 Å². The van der Waals surface area contributed by atoms with E-state index in [1.807, 2.05) is 0 Å². The first-order valence-electron chi connectivity index (χ1n) is 9.89. The molecule has 1 heterocycles. The summed E-state index contributed by atoms with van der Waals surface area (Å²) < 4.78 is 79.8. The predicted octanol–water partition coefficient (Wildman–Crippen LogP) is 7.33. The number of benzene rings is 2. The van der Waals surface area contributed by atoms with Gasteiger partial charge in [-0.25, -0.2) is 0 Å². The molecule has 0 atom stereocenters. The Bertz CT molecular complexity index is 1360. The van der Waals surface area contributed by atoms with E-state index in [2.05, 4.69) is 5.32 Å². The quantitative estimate of drug-likeness (QED) is 0.226. The van der Waals surface area contributed by atoms with Crippen molar-refractivity contribution in [3.63, 3.8) is 0 Å². The molecule has 0 bridgehead atoms. The molecule has 2 aromatic carbocycles. The van der Waals surface area contributed by atoms with Crippen LogP contribution in [0.1, 0.15) is 28.1 Å². The van der Waals surface area contributed by atoms with Crippen molar-refractivity contribution < 1.29 is 31.1 Å². The van der Waals surface area contributed by atoms with Gasteiger partial charge in [-0.05, 0) is 68.0 Å². The molecule has 0 aliphatic carbocycles. The molecule has 0 saturated carbocycles. The molecule has 0 unspecified atom stereocenters. The third-order valence-electron chi connectivity index (χ3n) is 5.11. The van der Waals surface area contributed by atoms with Crippen LogP contribution in [0.4, 0.5) is 32.0 Å². The minimum absolute atomic E-state index is 0.161. The van der Waals surface area contributed by atoms with E-state index in [4.69, 9.17) is 11.6 Å². The number of carbonyl (C=O) groups is 1. The zero-order valence-corrected chi connectivity index (χ0v) is 18.9. The summed E-state index contributed by atoms with van der Waals surface area (Å²) in [7, 11) is 0. The Balaban J connectivity index is 1.96. The molecule has 1 amide bonds. The average molecular weight is 512 g/mol. The smallest absolute Gasteiger partial charge is 0.320 e. The highest BCUT2D eigenvalue weighted by Gasteiger charge is 2.32. The first-order valence-corrected chi connectivity index (χ1v) is 10.3.